The van der Waals surface area contributed by atoms with Crippen molar-refractivity contribution in [1.82, 2.24) is 4.98 Å². The van der Waals surface area contributed by atoms with Crippen molar-refractivity contribution < 1.29 is 43.4 Å². The van der Waals surface area contributed by atoms with Crippen molar-refractivity contribution >= 4 is 5.97 Å². The van der Waals surface area contributed by atoms with Gasteiger partial charge in [-0.15, -0.1) is 6.07 Å². The molecule has 0 spiro atoms. The Morgan fingerprint density at radius 3 is 2.31 bits per heavy atom. The van der Waals surface area contributed by atoms with Gasteiger partial charge in [-0.05, 0) is 18.2 Å². The Bertz CT molecular complexity index is 867. The molecule has 0 unspecified atom stereocenters. The van der Waals surface area contributed by atoms with Crippen LogP contribution in [-0.2, 0) is 20.1 Å². The number of aromatic carboxylic acids is 1. The fourth-order valence-corrected chi connectivity index (χ4v) is 2.11. The Balaban J connectivity index is 0.000000290. The Morgan fingerprint density at radius 1 is 1.12 bits per heavy atom. The summed E-state index contributed by atoms with van der Waals surface area (Å²) in [7, 11) is 3.73. The summed E-state index contributed by atoms with van der Waals surface area (Å²) in [5.41, 5.74) is 1.22. The third kappa shape index (κ3) is 5.37. The zero-order valence-corrected chi connectivity index (χ0v) is 15.9. The molecule has 7 heteroatoms. The SMILES string of the molecule is O=C(O)c1ccccn1.[CH2-]c1cc(F)cc(F)c1-c1cccc[n+]1[CH2-].[Ir]. The number of pyridine rings is 2. The van der Waals surface area contributed by atoms with Gasteiger partial charge in [-0.2, -0.15) is 12.5 Å². The molecular formula is C19H15F2IrN2O2-. The number of carbonyl (C=O) groups is 1. The second-order valence-corrected chi connectivity index (χ2v) is 5.00. The van der Waals surface area contributed by atoms with Gasteiger partial charge in [0.2, 0.25) is 0 Å². The molecule has 0 aliphatic carbocycles. The largest absolute Gasteiger partial charge is 0.477 e. The number of carboxylic acid groups (broad SMARTS) is 1. The molecule has 3 aromatic rings. The molecule has 0 bridgehead atoms. The maximum atomic E-state index is 13.7. The molecule has 26 heavy (non-hydrogen) atoms. The minimum Gasteiger partial charge on any atom is -0.477 e. The summed E-state index contributed by atoms with van der Waals surface area (Å²) in [5.74, 6) is -2.25. The number of carboxylic acids is 1. The van der Waals surface area contributed by atoms with Gasteiger partial charge in [0.05, 0.1) is 23.5 Å². The van der Waals surface area contributed by atoms with Gasteiger partial charge in [-0.3, -0.25) is 0 Å². The molecule has 3 rings (SSSR count). The van der Waals surface area contributed by atoms with Gasteiger partial charge in [0.25, 0.3) is 0 Å². The standard InChI is InChI=1S/C13H10F2N.C6H5NO2.Ir/c1-9-7-10(14)8-11(15)13(9)12-5-3-4-6-16(12)2;8-6(9)5-3-1-2-4-7-5;/h3-8H,1-2H2;1-4H,(H,8,9);/q-1;;. The summed E-state index contributed by atoms with van der Waals surface area (Å²) in [6.07, 6.45) is 3.14. The topological polar surface area (TPSA) is 54.1 Å². The van der Waals surface area contributed by atoms with Gasteiger partial charge in [-0.1, -0.05) is 29.8 Å². The van der Waals surface area contributed by atoms with E-state index >= 15 is 0 Å². The molecule has 1 N–H and O–H groups in total. The van der Waals surface area contributed by atoms with Gasteiger partial charge >= 0.3 is 5.97 Å². The van der Waals surface area contributed by atoms with Crippen LogP contribution >= 0.6 is 0 Å². The maximum Gasteiger partial charge on any atom is 0.354 e. The minimum atomic E-state index is -0.990. The van der Waals surface area contributed by atoms with Crippen LogP contribution in [0.5, 0.6) is 0 Å². The van der Waals surface area contributed by atoms with E-state index in [1.165, 1.54) is 22.9 Å². The molecule has 1 aromatic carbocycles. The van der Waals surface area contributed by atoms with Crippen molar-refractivity contribution in [3.8, 4) is 11.3 Å². The van der Waals surface area contributed by atoms with Crippen LogP contribution in [0.1, 0.15) is 16.1 Å². The van der Waals surface area contributed by atoms with Gasteiger partial charge in [0, 0.05) is 33.3 Å². The smallest absolute Gasteiger partial charge is 0.354 e. The third-order valence-electron chi connectivity index (χ3n) is 3.22. The summed E-state index contributed by atoms with van der Waals surface area (Å²) in [5, 5.41) is 8.32. The van der Waals surface area contributed by atoms with E-state index < -0.39 is 17.6 Å². The van der Waals surface area contributed by atoms with Crippen molar-refractivity contribution in [3.05, 3.63) is 97.8 Å². The molecule has 0 saturated heterocycles. The van der Waals surface area contributed by atoms with Crippen molar-refractivity contribution in [2.24, 2.45) is 0 Å². The molecule has 0 fully saturated rings. The van der Waals surface area contributed by atoms with Crippen LogP contribution in [0.15, 0.2) is 60.9 Å². The first kappa shape index (κ1) is 21.3. The van der Waals surface area contributed by atoms with Crippen LogP contribution in [-0.4, -0.2) is 16.1 Å². The Hall–Kier alpha value is -2.76. The molecule has 1 radical (unpaired) electrons. The average molecular weight is 534 g/mol. The van der Waals surface area contributed by atoms with Crippen molar-refractivity contribution in [1.29, 1.82) is 0 Å². The summed E-state index contributed by atoms with van der Waals surface area (Å²) in [6, 6.07) is 12.0. The second-order valence-electron chi connectivity index (χ2n) is 5.00. The summed E-state index contributed by atoms with van der Waals surface area (Å²) in [4.78, 5) is 13.7. The van der Waals surface area contributed by atoms with E-state index in [0.717, 1.165) is 6.07 Å². The van der Waals surface area contributed by atoms with Crippen molar-refractivity contribution in [2.45, 2.75) is 0 Å². The third-order valence-corrected chi connectivity index (χ3v) is 3.22. The Labute approximate surface area is 163 Å². The van der Waals surface area contributed by atoms with E-state index in [1.807, 2.05) is 0 Å². The number of hydrogen-bond donors (Lipinski definition) is 1. The molecule has 4 nitrogen and oxygen atoms in total. The van der Waals surface area contributed by atoms with E-state index in [-0.39, 0.29) is 31.4 Å². The first-order valence-corrected chi connectivity index (χ1v) is 7.17. The molecular weight excluding hydrogens is 518 g/mol. The molecule has 0 amide bonds. The first-order valence-electron chi connectivity index (χ1n) is 7.17. The van der Waals surface area contributed by atoms with Crippen LogP contribution in [0.2, 0.25) is 0 Å². The summed E-state index contributed by atoms with van der Waals surface area (Å²) < 4.78 is 28.1. The fraction of sp³-hybridized carbons (Fsp3) is 0. The summed E-state index contributed by atoms with van der Waals surface area (Å²) >= 11 is 0. The number of nitrogens with zero attached hydrogens (tertiary/aromatic N) is 2. The second kappa shape index (κ2) is 9.65. The predicted molar refractivity (Wildman–Crippen MR) is 88.4 cm³/mol. The number of rotatable bonds is 2. The molecule has 0 saturated carbocycles. The first-order chi connectivity index (χ1) is 11.9. The van der Waals surface area contributed by atoms with Gasteiger partial charge in [0.1, 0.15) is 5.69 Å². The fourth-order valence-electron chi connectivity index (χ4n) is 2.11. The average Bonchev–Trinajstić information content (AvgIpc) is 2.57. The zero-order chi connectivity index (χ0) is 18.4. The Morgan fingerprint density at radius 2 is 1.81 bits per heavy atom. The van der Waals surface area contributed by atoms with Crippen molar-refractivity contribution in [2.75, 3.05) is 0 Å². The molecule has 0 aliphatic heterocycles. The number of aromatic nitrogens is 2. The maximum absolute atomic E-state index is 13.7. The zero-order valence-electron chi connectivity index (χ0n) is 13.5. The minimum absolute atomic E-state index is 0. The van der Waals surface area contributed by atoms with E-state index in [2.05, 4.69) is 19.0 Å². The molecule has 2 heterocycles. The van der Waals surface area contributed by atoms with Crippen molar-refractivity contribution in [3.63, 3.8) is 0 Å². The van der Waals surface area contributed by atoms with Gasteiger partial charge < -0.3 is 9.67 Å². The number of benzene rings is 1. The predicted octanol–water partition coefficient (Wildman–Crippen LogP) is 3.52. The van der Waals surface area contributed by atoms with Gasteiger partial charge in [0.15, 0.2) is 0 Å². The van der Waals surface area contributed by atoms with E-state index in [4.69, 9.17) is 5.11 Å². The molecule has 137 valence electrons. The number of halogens is 2. The van der Waals surface area contributed by atoms with E-state index in [0.29, 0.717) is 11.3 Å². The molecule has 2 aromatic heterocycles. The van der Waals surface area contributed by atoms with Crippen LogP contribution in [0.25, 0.3) is 11.3 Å². The van der Waals surface area contributed by atoms with E-state index in [1.54, 1.807) is 36.5 Å². The molecule has 0 atom stereocenters. The molecule has 0 aliphatic rings. The summed E-state index contributed by atoms with van der Waals surface area (Å²) in [6.45, 7) is 3.64. The monoisotopic (exact) mass is 534 g/mol. The Kier molecular flexibility index (Phi) is 7.90. The van der Waals surface area contributed by atoms with E-state index in [9.17, 15) is 13.6 Å². The van der Waals surface area contributed by atoms with Crippen LogP contribution < -0.4 is 4.57 Å². The van der Waals surface area contributed by atoms with Crippen LogP contribution in [0.3, 0.4) is 0 Å². The van der Waals surface area contributed by atoms with Gasteiger partial charge in [-0.25, -0.2) is 18.6 Å². The van der Waals surface area contributed by atoms with Crippen LogP contribution in [0.4, 0.5) is 8.78 Å². The number of hydrogen-bond acceptors (Lipinski definition) is 2. The van der Waals surface area contributed by atoms with Crippen LogP contribution in [0, 0.1) is 25.6 Å². The normalized spacial score (nSPS) is 9.46. The quantitative estimate of drug-likeness (QED) is 0.405.